The van der Waals surface area contributed by atoms with E-state index in [1.54, 1.807) is 0 Å². The average Bonchev–Trinajstić information content (AvgIpc) is 2.69. The van der Waals surface area contributed by atoms with Crippen LogP contribution in [0.25, 0.3) is 0 Å². The first-order chi connectivity index (χ1) is 13.2. The van der Waals surface area contributed by atoms with Gasteiger partial charge in [-0.3, -0.25) is 4.90 Å². The topological polar surface area (TPSA) is 54.0 Å². The van der Waals surface area contributed by atoms with Crippen molar-refractivity contribution in [3.63, 3.8) is 0 Å². The van der Waals surface area contributed by atoms with E-state index < -0.39 is 0 Å². The van der Waals surface area contributed by atoms with Gasteiger partial charge in [-0.15, -0.1) is 5.10 Å². The Balaban J connectivity index is 1.57. The number of nitrogens with two attached hydrogens (primary N) is 1. The molecule has 0 radical (unpaired) electrons. The van der Waals surface area contributed by atoms with Gasteiger partial charge in [-0.1, -0.05) is 73.3 Å². The first kappa shape index (κ1) is 19.6. The van der Waals surface area contributed by atoms with Crippen molar-refractivity contribution in [2.24, 2.45) is 21.9 Å². The highest BCUT2D eigenvalue weighted by Crippen LogP contribution is 2.19. The van der Waals surface area contributed by atoms with Crippen molar-refractivity contribution in [3.05, 3.63) is 71.3 Å². The average molecular weight is 381 g/mol. The molecule has 27 heavy (non-hydrogen) atoms. The molecule has 5 heteroatoms. The summed E-state index contributed by atoms with van der Waals surface area (Å²) in [4.78, 5) is 2.54. The number of amidine groups is 1. The predicted octanol–water partition coefficient (Wildman–Crippen LogP) is 4.50. The molecule has 0 aliphatic carbocycles. The van der Waals surface area contributed by atoms with Gasteiger partial charge in [-0.2, -0.15) is 5.10 Å². The molecule has 3 rings (SSSR count). The maximum atomic E-state index is 5.98. The quantitative estimate of drug-likeness (QED) is 0.456. The summed E-state index contributed by atoms with van der Waals surface area (Å²) in [6.07, 6.45) is 4.45. The van der Waals surface area contributed by atoms with Crippen LogP contribution in [-0.4, -0.2) is 29.4 Å². The second-order valence-electron chi connectivity index (χ2n) is 7.14. The van der Waals surface area contributed by atoms with Crippen LogP contribution in [0, 0.1) is 5.92 Å². The number of likely N-dealkylation sites (tertiary alicyclic amines) is 1. The standard InChI is InChI=1S/C22H28N4S/c1-18-8-7-13-26(15-18)16-21-12-6-5-11-20(21)14-24-25-22(23)27-17-19-9-3-2-4-10-19/h2-6,9-12,14,18H,7-8,13,15-17H2,1H3,(H2,23,25). The van der Waals surface area contributed by atoms with Gasteiger partial charge in [0, 0.05) is 18.8 Å². The van der Waals surface area contributed by atoms with E-state index in [9.17, 15) is 0 Å². The molecule has 4 nitrogen and oxygen atoms in total. The van der Waals surface area contributed by atoms with Gasteiger partial charge >= 0.3 is 0 Å². The maximum absolute atomic E-state index is 5.98. The molecular formula is C22H28N4S. The molecule has 0 amide bonds. The van der Waals surface area contributed by atoms with Gasteiger partial charge in [-0.05, 0) is 42.0 Å². The highest BCUT2D eigenvalue weighted by molar-refractivity contribution is 8.13. The molecule has 1 fully saturated rings. The SMILES string of the molecule is CC1CCCN(Cc2ccccc2C=NN=C(N)SCc2ccccc2)C1. The zero-order chi connectivity index (χ0) is 18.9. The van der Waals surface area contributed by atoms with Gasteiger partial charge in [0.1, 0.15) is 0 Å². The Morgan fingerprint density at radius 2 is 1.96 bits per heavy atom. The van der Waals surface area contributed by atoms with Gasteiger partial charge in [0.2, 0.25) is 0 Å². The molecule has 0 bridgehead atoms. The van der Waals surface area contributed by atoms with E-state index >= 15 is 0 Å². The van der Waals surface area contributed by atoms with Crippen LogP contribution in [0.5, 0.6) is 0 Å². The second-order valence-corrected chi connectivity index (χ2v) is 8.13. The number of rotatable bonds is 6. The first-order valence-electron chi connectivity index (χ1n) is 9.54. The van der Waals surface area contributed by atoms with Gasteiger partial charge in [0.25, 0.3) is 0 Å². The molecule has 142 valence electrons. The number of nitrogens with zero attached hydrogens (tertiary/aromatic N) is 3. The highest BCUT2D eigenvalue weighted by atomic mass is 32.2. The van der Waals surface area contributed by atoms with Crippen molar-refractivity contribution in [2.75, 3.05) is 13.1 Å². The van der Waals surface area contributed by atoms with Gasteiger partial charge < -0.3 is 5.73 Å². The van der Waals surface area contributed by atoms with Crippen molar-refractivity contribution < 1.29 is 0 Å². The van der Waals surface area contributed by atoms with Crippen molar-refractivity contribution in [1.29, 1.82) is 0 Å². The number of hydrogen-bond donors (Lipinski definition) is 1. The number of piperidine rings is 1. The van der Waals surface area contributed by atoms with Gasteiger partial charge in [-0.25, -0.2) is 0 Å². The minimum Gasteiger partial charge on any atom is -0.377 e. The summed E-state index contributed by atoms with van der Waals surface area (Å²) < 4.78 is 0. The summed E-state index contributed by atoms with van der Waals surface area (Å²) in [7, 11) is 0. The van der Waals surface area contributed by atoms with Crippen LogP contribution >= 0.6 is 11.8 Å². The Bertz CT molecular complexity index is 773. The van der Waals surface area contributed by atoms with E-state index in [0.29, 0.717) is 5.17 Å². The zero-order valence-electron chi connectivity index (χ0n) is 15.9. The molecule has 1 unspecified atom stereocenters. The lowest BCUT2D eigenvalue weighted by Crippen LogP contribution is -2.33. The summed E-state index contributed by atoms with van der Waals surface area (Å²) in [6, 6.07) is 18.6. The highest BCUT2D eigenvalue weighted by Gasteiger charge is 2.16. The lowest BCUT2D eigenvalue weighted by Gasteiger charge is -2.31. The monoisotopic (exact) mass is 380 g/mol. The smallest absolute Gasteiger partial charge is 0.180 e. The molecular weight excluding hydrogens is 352 g/mol. The fraction of sp³-hybridized carbons (Fsp3) is 0.364. The molecule has 2 aromatic carbocycles. The Labute approximate surface area is 166 Å². The lowest BCUT2D eigenvalue weighted by molar-refractivity contribution is 0.176. The van der Waals surface area contributed by atoms with Crippen LogP contribution in [0.4, 0.5) is 0 Å². The van der Waals surface area contributed by atoms with Crippen molar-refractivity contribution in [2.45, 2.75) is 32.1 Å². The lowest BCUT2D eigenvalue weighted by atomic mass is 9.99. The van der Waals surface area contributed by atoms with Crippen LogP contribution in [0.2, 0.25) is 0 Å². The largest absolute Gasteiger partial charge is 0.377 e. The van der Waals surface area contributed by atoms with E-state index in [0.717, 1.165) is 23.8 Å². The third kappa shape index (κ3) is 6.52. The Morgan fingerprint density at radius 3 is 2.78 bits per heavy atom. The van der Waals surface area contributed by atoms with Crippen LogP contribution in [0.15, 0.2) is 64.8 Å². The summed E-state index contributed by atoms with van der Waals surface area (Å²) in [6.45, 7) is 5.66. The van der Waals surface area contributed by atoms with Crippen molar-refractivity contribution in [1.82, 2.24) is 4.90 Å². The van der Waals surface area contributed by atoms with E-state index in [1.165, 1.54) is 48.8 Å². The second kappa shape index (κ2) is 10.3. The van der Waals surface area contributed by atoms with Crippen LogP contribution < -0.4 is 5.73 Å². The third-order valence-electron chi connectivity index (χ3n) is 4.77. The molecule has 0 aromatic heterocycles. The normalized spacial score (nSPS) is 18.9. The fourth-order valence-electron chi connectivity index (χ4n) is 3.38. The van der Waals surface area contributed by atoms with Crippen molar-refractivity contribution >= 4 is 23.1 Å². The van der Waals surface area contributed by atoms with Crippen LogP contribution in [0.1, 0.15) is 36.5 Å². The Kier molecular flexibility index (Phi) is 7.48. The number of thioether (sulfide) groups is 1. The molecule has 1 heterocycles. The molecule has 2 aromatic rings. The molecule has 0 spiro atoms. The minimum atomic E-state index is 0.484. The van der Waals surface area contributed by atoms with E-state index in [2.05, 4.69) is 52.4 Å². The summed E-state index contributed by atoms with van der Waals surface area (Å²) in [5.74, 6) is 1.58. The zero-order valence-corrected chi connectivity index (χ0v) is 16.7. The number of hydrogen-bond acceptors (Lipinski definition) is 4. The summed E-state index contributed by atoms with van der Waals surface area (Å²) >= 11 is 1.50. The summed E-state index contributed by atoms with van der Waals surface area (Å²) in [5.41, 5.74) is 9.61. The molecule has 1 aliphatic rings. The molecule has 1 atom stereocenters. The Hall–Kier alpha value is -2.11. The molecule has 1 aliphatic heterocycles. The summed E-state index contributed by atoms with van der Waals surface area (Å²) in [5, 5.41) is 8.85. The molecule has 1 saturated heterocycles. The number of benzene rings is 2. The maximum Gasteiger partial charge on any atom is 0.180 e. The van der Waals surface area contributed by atoms with Gasteiger partial charge in [0.05, 0.1) is 6.21 Å². The Morgan fingerprint density at radius 1 is 1.19 bits per heavy atom. The first-order valence-corrected chi connectivity index (χ1v) is 10.5. The van der Waals surface area contributed by atoms with Crippen LogP contribution in [-0.2, 0) is 12.3 Å². The molecule has 0 saturated carbocycles. The predicted molar refractivity (Wildman–Crippen MR) is 117 cm³/mol. The van der Waals surface area contributed by atoms with Crippen molar-refractivity contribution in [3.8, 4) is 0 Å². The van der Waals surface area contributed by atoms with E-state index in [1.807, 2.05) is 30.5 Å². The molecule has 2 N–H and O–H groups in total. The third-order valence-corrected chi connectivity index (χ3v) is 5.63. The van der Waals surface area contributed by atoms with E-state index in [-0.39, 0.29) is 0 Å². The minimum absolute atomic E-state index is 0.484. The van der Waals surface area contributed by atoms with Gasteiger partial charge in [0.15, 0.2) is 5.17 Å². The fourth-order valence-corrected chi connectivity index (χ4v) is 4.00. The van der Waals surface area contributed by atoms with E-state index in [4.69, 9.17) is 5.73 Å². The van der Waals surface area contributed by atoms with Crippen LogP contribution in [0.3, 0.4) is 0 Å².